The smallest absolute Gasteiger partial charge is 0.153 e. The van der Waals surface area contributed by atoms with E-state index in [1.54, 1.807) is 24.3 Å². The fourth-order valence-electron chi connectivity index (χ4n) is 0.911. The number of allylic oxidation sites excluding steroid dienone is 1. The summed E-state index contributed by atoms with van der Waals surface area (Å²) in [5.41, 5.74) is 8.61. The van der Waals surface area contributed by atoms with Crippen LogP contribution in [0.4, 0.5) is 0 Å². The van der Waals surface area contributed by atoms with Gasteiger partial charge in [-0.15, -0.1) is 0 Å². The Kier molecular flexibility index (Phi) is 4.18. The summed E-state index contributed by atoms with van der Waals surface area (Å²) in [5.74, 6) is 0. The number of azide groups is 1. The lowest BCUT2D eigenvalue weighted by Crippen LogP contribution is -1.84. The Morgan fingerprint density at radius 3 is 2.47 bits per heavy atom. The molecule has 0 N–H and O–H groups in total. The number of carbonyl (C=O) groups is 1. The maximum atomic E-state index is 10.5. The number of carbonyl (C=O) groups excluding carboxylic acids is 1. The fourth-order valence-corrected chi connectivity index (χ4v) is 1.25. The molecule has 0 aliphatic carbocycles. The van der Waals surface area contributed by atoms with Gasteiger partial charge in [-0.1, -0.05) is 40.4 Å². The molecule has 6 heteroatoms. The van der Waals surface area contributed by atoms with Crippen LogP contribution < -0.4 is 0 Å². The monoisotopic (exact) mass is 241 g/mol. The summed E-state index contributed by atoms with van der Waals surface area (Å²) in [6.45, 7) is 0. The maximum Gasteiger partial charge on any atom is 0.153 e. The molecule has 76 valence electrons. The van der Waals surface area contributed by atoms with Gasteiger partial charge in [-0.3, -0.25) is 4.79 Å². The molecule has 0 aliphatic heterocycles. The number of rotatable bonds is 3. The van der Waals surface area contributed by atoms with E-state index >= 15 is 0 Å². The minimum absolute atomic E-state index is 0.0967. The number of benzene rings is 1. The van der Waals surface area contributed by atoms with Gasteiger partial charge in [0.2, 0.25) is 0 Å². The molecule has 0 fully saturated rings. The predicted molar refractivity (Wildman–Crippen MR) is 59.4 cm³/mol. The summed E-state index contributed by atoms with van der Waals surface area (Å²) in [5, 5.41) is 3.82. The second-order valence-electron chi connectivity index (χ2n) is 2.51. The number of aldehydes is 1. The molecule has 1 aromatic rings. The van der Waals surface area contributed by atoms with Crippen molar-refractivity contribution in [2.75, 3.05) is 0 Å². The van der Waals surface area contributed by atoms with Crippen molar-refractivity contribution in [2.45, 2.75) is 0 Å². The van der Waals surface area contributed by atoms with Crippen LogP contribution in [-0.4, -0.2) is 6.29 Å². The van der Waals surface area contributed by atoms with Crippen molar-refractivity contribution in [3.63, 3.8) is 0 Å². The SMILES string of the molecule is [N-]=[N+]=N/C(C=O)=C(/Cl)c1ccc(Cl)cc1. The molecule has 0 unspecified atom stereocenters. The van der Waals surface area contributed by atoms with Gasteiger partial charge in [-0.25, -0.2) is 0 Å². The van der Waals surface area contributed by atoms with E-state index in [0.29, 0.717) is 16.9 Å². The standard InChI is InChI=1S/C9H5Cl2N3O/c10-7-3-1-6(2-4-7)9(11)8(5-15)13-14-12/h1-5H/b9-8+. The van der Waals surface area contributed by atoms with Crippen molar-refractivity contribution >= 4 is 34.5 Å². The predicted octanol–water partition coefficient (Wildman–Crippen LogP) is 3.76. The first-order chi connectivity index (χ1) is 7.19. The Morgan fingerprint density at radius 2 is 2.00 bits per heavy atom. The zero-order valence-corrected chi connectivity index (χ0v) is 8.90. The molecule has 0 amide bonds. The number of hydrogen-bond donors (Lipinski definition) is 0. The van der Waals surface area contributed by atoms with E-state index in [0.717, 1.165) is 0 Å². The number of nitrogens with zero attached hydrogens (tertiary/aromatic N) is 3. The molecule has 0 saturated carbocycles. The van der Waals surface area contributed by atoms with Crippen LogP contribution in [0.1, 0.15) is 5.56 Å². The van der Waals surface area contributed by atoms with E-state index in [1.165, 1.54) is 0 Å². The van der Waals surface area contributed by atoms with Crippen LogP contribution in [0.2, 0.25) is 5.02 Å². The third-order valence-corrected chi connectivity index (χ3v) is 2.25. The molecule has 1 rings (SSSR count). The highest BCUT2D eigenvalue weighted by Gasteiger charge is 2.04. The molecule has 0 aromatic heterocycles. The van der Waals surface area contributed by atoms with Crippen molar-refractivity contribution in [2.24, 2.45) is 5.11 Å². The molecular weight excluding hydrogens is 237 g/mol. The summed E-state index contributed by atoms with van der Waals surface area (Å²) in [4.78, 5) is 13.0. The summed E-state index contributed by atoms with van der Waals surface area (Å²) in [6, 6.07) is 6.50. The van der Waals surface area contributed by atoms with Crippen LogP contribution in [0.3, 0.4) is 0 Å². The first-order valence-corrected chi connectivity index (χ1v) is 4.60. The highest BCUT2D eigenvalue weighted by atomic mass is 35.5. The maximum absolute atomic E-state index is 10.5. The van der Waals surface area contributed by atoms with Crippen LogP contribution in [0, 0.1) is 0 Å². The minimum Gasteiger partial charge on any atom is -0.298 e. The second kappa shape index (κ2) is 5.41. The average Bonchev–Trinajstić information content (AvgIpc) is 2.26. The summed E-state index contributed by atoms with van der Waals surface area (Å²) < 4.78 is 0. The van der Waals surface area contributed by atoms with E-state index in [4.69, 9.17) is 28.7 Å². The lowest BCUT2D eigenvalue weighted by Gasteiger charge is -2.00. The topological polar surface area (TPSA) is 65.8 Å². The van der Waals surface area contributed by atoms with Crippen LogP contribution in [0.5, 0.6) is 0 Å². The molecule has 4 nitrogen and oxygen atoms in total. The molecule has 0 bridgehead atoms. The lowest BCUT2D eigenvalue weighted by molar-refractivity contribution is -0.104. The Hall–Kier alpha value is -1.48. The normalized spacial score (nSPS) is 11.3. The van der Waals surface area contributed by atoms with Gasteiger partial charge in [0.1, 0.15) is 0 Å². The van der Waals surface area contributed by atoms with Gasteiger partial charge in [0.15, 0.2) is 6.29 Å². The number of halogens is 2. The van der Waals surface area contributed by atoms with E-state index < -0.39 is 0 Å². The zero-order chi connectivity index (χ0) is 11.3. The largest absolute Gasteiger partial charge is 0.298 e. The molecule has 1 aromatic carbocycles. The zero-order valence-electron chi connectivity index (χ0n) is 7.39. The van der Waals surface area contributed by atoms with Gasteiger partial charge in [0.05, 0.1) is 10.7 Å². The quantitative estimate of drug-likeness (QED) is 0.261. The number of hydrogen-bond acceptors (Lipinski definition) is 2. The van der Waals surface area contributed by atoms with Crippen molar-refractivity contribution in [1.82, 2.24) is 0 Å². The second-order valence-corrected chi connectivity index (χ2v) is 3.33. The van der Waals surface area contributed by atoms with Crippen LogP contribution in [-0.2, 0) is 4.79 Å². The molecule has 0 heterocycles. The highest BCUT2D eigenvalue weighted by molar-refractivity contribution is 6.50. The van der Waals surface area contributed by atoms with Gasteiger partial charge in [0.25, 0.3) is 0 Å². The van der Waals surface area contributed by atoms with Crippen LogP contribution in [0.25, 0.3) is 15.5 Å². The Labute approximate surface area is 95.7 Å². The first-order valence-electron chi connectivity index (χ1n) is 3.85. The summed E-state index contributed by atoms with van der Waals surface area (Å²) >= 11 is 11.5. The molecular formula is C9H5Cl2N3O. The summed E-state index contributed by atoms with van der Waals surface area (Å²) in [7, 11) is 0. The van der Waals surface area contributed by atoms with Crippen LogP contribution in [0.15, 0.2) is 35.1 Å². The molecule has 15 heavy (non-hydrogen) atoms. The van der Waals surface area contributed by atoms with E-state index in [-0.39, 0.29) is 10.7 Å². The third kappa shape index (κ3) is 2.99. The van der Waals surface area contributed by atoms with Crippen molar-refractivity contribution in [3.05, 3.63) is 51.0 Å². The molecule has 0 saturated heterocycles. The Balaban J connectivity index is 3.21. The Morgan fingerprint density at radius 1 is 1.40 bits per heavy atom. The average molecular weight is 242 g/mol. The van der Waals surface area contributed by atoms with Crippen molar-refractivity contribution in [3.8, 4) is 0 Å². The minimum atomic E-state index is -0.151. The van der Waals surface area contributed by atoms with Gasteiger partial charge in [-0.2, -0.15) is 0 Å². The van der Waals surface area contributed by atoms with Gasteiger partial charge in [-0.05, 0) is 23.2 Å². The lowest BCUT2D eigenvalue weighted by atomic mass is 10.2. The van der Waals surface area contributed by atoms with E-state index in [1.807, 2.05) is 0 Å². The molecule has 0 aliphatic rings. The van der Waals surface area contributed by atoms with E-state index in [2.05, 4.69) is 10.0 Å². The van der Waals surface area contributed by atoms with Crippen molar-refractivity contribution < 1.29 is 4.79 Å². The van der Waals surface area contributed by atoms with Gasteiger partial charge in [0, 0.05) is 9.93 Å². The summed E-state index contributed by atoms with van der Waals surface area (Å²) in [6.07, 6.45) is 0.399. The highest BCUT2D eigenvalue weighted by Crippen LogP contribution is 2.24. The fraction of sp³-hybridized carbons (Fsp3) is 0. The first kappa shape index (κ1) is 11.6. The molecule has 0 radical (unpaired) electrons. The van der Waals surface area contributed by atoms with Crippen LogP contribution >= 0.6 is 23.2 Å². The van der Waals surface area contributed by atoms with E-state index in [9.17, 15) is 4.79 Å². The third-order valence-electron chi connectivity index (χ3n) is 1.59. The Bertz CT molecular complexity index is 447. The van der Waals surface area contributed by atoms with Gasteiger partial charge < -0.3 is 0 Å². The van der Waals surface area contributed by atoms with Gasteiger partial charge >= 0.3 is 0 Å². The molecule has 0 atom stereocenters. The molecule has 0 spiro atoms. The van der Waals surface area contributed by atoms with Crippen molar-refractivity contribution in [1.29, 1.82) is 0 Å².